The topological polar surface area (TPSA) is 58.2 Å². The average Bonchev–Trinajstić information content (AvgIpc) is 3.49. The van der Waals surface area contributed by atoms with Crippen LogP contribution in [0.25, 0.3) is 11.1 Å². The third kappa shape index (κ3) is 5.03. The molecule has 0 saturated heterocycles. The molecule has 2 aliphatic rings. The van der Waals surface area contributed by atoms with Crippen LogP contribution in [0.2, 0.25) is 0 Å². The van der Waals surface area contributed by atoms with Crippen LogP contribution in [0.5, 0.6) is 0 Å². The van der Waals surface area contributed by atoms with E-state index in [1.54, 1.807) is 0 Å². The van der Waals surface area contributed by atoms with Gasteiger partial charge in [-0.2, -0.15) is 0 Å². The fraction of sp³-hybridized carbons (Fsp3) is 0.296. The third-order valence-electron chi connectivity index (χ3n) is 6.59. The molecule has 3 aromatic rings. The first-order chi connectivity index (χ1) is 16.1. The molecule has 0 radical (unpaired) electrons. The van der Waals surface area contributed by atoms with Gasteiger partial charge < -0.3 is 5.32 Å². The Labute approximate surface area is 201 Å². The maximum absolute atomic E-state index is 13.2. The highest BCUT2D eigenvalue weighted by Crippen LogP contribution is 2.38. The fourth-order valence-corrected chi connectivity index (χ4v) is 6.82. The molecule has 1 heterocycles. The summed E-state index contributed by atoms with van der Waals surface area (Å²) in [6.45, 7) is 2.07. The van der Waals surface area contributed by atoms with Crippen molar-refractivity contribution in [3.05, 3.63) is 88.3 Å². The molecule has 1 aromatic heterocycles. The van der Waals surface area contributed by atoms with Crippen molar-refractivity contribution in [2.24, 2.45) is 0 Å². The highest BCUT2D eigenvalue weighted by Gasteiger charge is 2.31. The van der Waals surface area contributed by atoms with Crippen molar-refractivity contribution < 1.29 is 9.00 Å². The number of carbonyl (C=O) groups is 1. The molecular formula is C27H28N2O2S2. The molecule has 6 heteroatoms. The van der Waals surface area contributed by atoms with Gasteiger partial charge in [0.1, 0.15) is 15.2 Å². The van der Waals surface area contributed by atoms with E-state index in [0.29, 0.717) is 0 Å². The maximum atomic E-state index is 13.2. The van der Waals surface area contributed by atoms with Crippen molar-refractivity contribution >= 4 is 28.2 Å². The van der Waals surface area contributed by atoms with Crippen LogP contribution in [-0.4, -0.2) is 22.2 Å². The summed E-state index contributed by atoms with van der Waals surface area (Å²) in [7, 11) is -1.15. The summed E-state index contributed by atoms with van der Waals surface area (Å²) in [5.41, 5.74) is 6.87. The van der Waals surface area contributed by atoms with Crippen LogP contribution in [0, 0.1) is 6.92 Å². The lowest BCUT2D eigenvalue weighted by molar-refractivity contribution is 0.0934. The molecule has 33 heavy (non-hydrogen) atoms. The van der Waals surface area contributed by atoms with Gasteiger partial charge in [0.25, 0.3) is 5.91 Å². The van der Waals surface area contributed by atoms with Crippen LogP contribution in [0.3, 0.4) is 0 Å². The molecule has 2 aliphatic carbocycles. The zero-order chi connectivity index (χ0) is 22.8. The van der Waals surface area contributed by atoms with Crippen molar-refractivity contribution in [1.29, 1.82) is 0 Å². The summed E-state index contributed by atoms with van der Waals surface area (Å²) in [5.74, 6) is -0.00769. The van der Waals surface area contributed by atoms with E-state index in [1.807, 2.05) is 41.8 Å². The lowest BCUT2D eigenvalue weighted by atomic mass is 9.89. The second kappa shape index (κ2) is 9.75. The van der Waals surface area contributed by atoms with Crippen molar-refractivity contribution in [2.45, 2.75) is 55.3 Å². The van der Waals surface area contributed by atoms with Gasteiger partial charge in [-0.1, -0.05) is 65.2 Å². The Morgan fingerprint density at radius 1 is 0.939 bits per heavy atom. The highest BCUT2D eigenvalue weighted by molar-refractivity contribution is 7.85. The molecule has 5 rings (SSSR count). The first-order valence-electron chi connectivity index (χ1n) is 11.4. The third-order valence-corrected chi connectivity index (χ3v) is 9.05. The van der Waals surface area contributed by atoms with E-state index in [0.717, 1.165) is 53.0 Å². The number of thiophene rings is 1. The molecule has 3 unspecified atom stereocenters. The molecule has 1 amide bonds. The molecule has 0 bridgehead atoms. The number of rotatable bonds is 6. The largest absolute Gasteiger partial charge is 0.349 e. The van der Waals surface area contributed by atoms with Gasteiger partial charge >= 0.3 is 0 Å². The van der Waals surface area contributed by atoms with E-state index in [9.17, 15) is 9.00 Å². The summed E-state index contributed by atoms with van der Waals surface area (Å²) in [6, 6.07) is 20.3. The summed E-state index contributed by atoms with van der Waals surface area (Å²) < 4.78 is 16.7. The normalized spacial score (nSPS) is 21.0. The van der Waals surface area contributed by atoms with Crippen LogP contribution in [0.1, 0.15) is 48.0 Å². The number of carbonyl (C=O) groups excluding carboxylic acids is 1. The Hall–Kier alpha value is -2.54. The summed E-state index contributed by atoms with van der Waals surface area (Å²) in [4.78, 5) is 13.2. The number of hydrogen-bond acceptors (Lipinski definition) is 3. The average molecular weight is 477 g/mol. The Bertz CT molecular complexity index is 1200. The molecular weight excluding hydrogens is 448 g/mol. The Balaban J connectivity index is 1.22. The molecule has 4 nitrogen and oxygen atoms in total. The van der Waals surface area contributed by atoms with Gasteiger partial charge in [0.2, 0.25) is 0 Å². The Kier molecular flexibility index (Phi) is 6.58. The van der Waals surface area contributed by atoms with Crippen LogP contribution >= 0.6 is 11.3 Å². The van der Waals surface area contributed by atoms with E-state index >= 15 is 0 Å². The molecule has 0 fully saturated rings. The predicted molar refractivity (Wildman–Crippen MR) is 136 cm³/mol. The van der Waals surface area contributed by atoms with Gasteiger partial charge in [-0.05, 0) is 67.7 Å². The van der Waals surface area contributed by atoms with Crippen molar-refractivity contribution in [1.82, 2.24) is 10.0 Å². The molecule has 3 atom stereocenters. The second-order valence-electron chi connectivity index (χ2n) is 8.96. The van der Waals surface area contributed by atoms with Crippen molar-refractivity contribution in [3.8, 4) is 11.1 Å². The van der Waals surface area contributed by atoms with Gasteiger partial charge in [-0.15, -0.1) is 11.3 Å². The molecule has 0 aliphatic heterocycles. The minimum atomic E-state index is -1.15. The SMILES string of the molecule is Cc1ccc(-c2ccccc2C(=O)NC2CCC3=C(C2)CC(NS(=O)c2cccs2)C3)cc1. The second-order valence-corrected chi connectivity index (χ2v) is 11.4. The summed E-state index contributed by atoms with van der Waals surface area (Å²) in [5, 5.41) is 5.25. The molecule has 0 spiro atoms. The summed E-state index contributed by atoms with van der Waals surface area (Å²) >= 11 is 1.52. The molecule has 170 valence electrons. The van der Waals surface area contributed by atoms with Gasteiger partial charge in [0.15, 0.2) is 0 Å². The number of hydrogen-bond donors (Lipinski definition) is 2. The number of nitrogens with one attached hydrogen (secondary N) is 2. The minimum absolute atomic E-state index is 0.00769. The molecule has 0 saturated carbocycles. The van der Waals surface area contributed by atoms with E-state index in [1.165, 1.54) is 28.0 Å². The first kappa shape index (κ1) is 22.3. The van der Waals surface area contributed by atoms with Crippen molar-refractivity contribution in [2.75, 3.05) is 0 Å². The lowest BCUT2D eigenvalue weighted by Gasteiger charge is -2.25. The number of aryl methyl sites for hydroxylation is 1. The van der Waals surface area contributed by atoms with E-state index < -0.39 is 11.0 Å². The fourth-order valence-electron chi connectivity index (χ4n) is 4.92. The Morgan fingerprint density at radius 3 is 2.48 bits per heavy atom. The van der Waals surface area contributed by atoms with Gasteiger partial charge in [0, 0.05) is 17.6 Å². The van der Waals surface area contributed by atoms with Crippen LogP contribution in [0.15, 0.2) is 81.4 Å². The molecule has 2 N–H and O–H groups in total. The van der Waals surface area contributed by atoms with E-state index in [2.05, 4.69) is 41.2 Å². The van der Waals surface area contributed by atoms with Crippen LogP contribution in [-0.2, 0) is 11.0 Å². The Morgan fingerprint density at radius 2 is 1.70 bits per heavy atom. The highest BCUT2D eigenvalue weighted by atomic mass is 32.2. The first-order valence-corrected chi connectivity index (χ1v) is 13.5. The smallest absolute Gasteiger partial charge is 0.252 e. The monoisotopic (exact) mass is 476 g/mol. The van der Waals surface area contributed by atoms with Crippen LogP contribution < -0.4 is 10.0 Å². The predicted octanol–water partition coefficient (Wildman–Crippen LogP) is 5.78. The standard InChI is InChI=1S/C27H28N2O2S2/c1-18-8-10-19(11-9-18)24-5-2-3-6-25(24)27(30)28-22-13-12-20-15-23(17-21(20)16-22)29-33(31)26-7-4-14-32-26/h2-11,14,22-23,29H,12-13,15-17H2,1H3,(H,28,30). The summed E-state index contributed by atoms with van der Waals surface area (Å²) in [6.07, 6.45) is 4.72. The number of benzene rings is 2. The van der Waals surface area contributed by atoms with E-state index in [4.69, 9.17) is 0 Å². The van der Waals surface area contributed by atoms with Gasteiger partial charge in [-0.25, -0.2) is 8.93 Å². The maximum Gasteiger partial charge on any atom is 0.252 e. The number of amides is 1. The zero-order valence-corrected chi connectivity index (χ0v) is 20.3. The zero-order valence-electron chi connectivity index (χ0n) is 18.7. The van der Waals surface area contributed by atoms with Gasteiger partial charge in [0.05, 0.1) is 0 Å². The van der Waals surface area contributed by atoms with Crippen molar-refractivity contribution in [3.63, 3.8) is 0 Å². The van der Waals surface area contributed by atoms with Gasteiger partial charge in [-0.3, -0.25) is 4.79 Å². The quantitative estimate of drug-likeness (QED) is 0.443. The molecule has 2 aromatic carbocycles. The van der Waals surface area contributed by atoms with E-state index in [-0.39, 0.29) is 18.0 Å². The lowest BCUT2D eigenvalue weighted by Crippen LogP contribution is -2.36. The van der Waals surface area contributed by atoms with Crippen LogP contribution in [0.4, 0.5) is 0 Å². The minimum Gasteiger partial charge on any atom is -0.349 e.